The van der Waals surface area contributed by atoms with Gasteiger partial charge in [-0.3, -0.25) is 9.59 Å². The summed E-state index contributed by atoms with van der Waals surface area (Å²) in [6, 6.07) is -0.326. The molecule has 4 bridgehead atoms. The minimum Gasteiger partial charge on any atom is -0.317 e. The molecule has 142 valence electrons. The van der Waals surface area contributed by atoms with Crippen LogP contribution in [0, 0.1) is 23.7 Å². The molecule has 26 heavy (non-hydrogen) atoms. The number of nitrogens with zero attached hydrogens (tertiary/aromatic N) is 2. The number of piperidine rings is 1. The van der Waals surface area contributed by atoms with Crippen LogP contribution in [0.3, 0.4) is 0 Å². The molecular weight excluding hydrogens is 330 g/mol. The smallest absolute Gasteiger partial charge is 0.317 e. The Kier molecular flexibility index (Phi) is 3.72. The van der Waals surface area contributed by atoms with Crippen molar-refractivity contribution in [3.05, 3.63) is 0 Å². The normalized spacial score (nSPS) is 45.1. The highest BCUT2D eigenvalue weighted by Gasteiger charge is 2.61. The summed E-state index contributed by atoms with van der Waals surface area (Å²) in [5, 5.41) is 0. The Morgan fingerprint density at radius 1 is 0.923 bits per heavy atom. The van der Waals surface area contributed by atoms with Gasteiger partial charge in [0.15, 0.2) is 6.67 Å². The van der Waals surface area contributed by atoms with Crippen molar-refractivity contribution in [2.75, 3.05) is 19.8 Å². The fourth-order valence-electron chi connectivity index (χ4n) is 6.95. The molecule has 6 aliphatic rings. The average molecular weight is 360 g/mol. The average Bonchev–Trinajstić information content (AvgIpc) is 2.79. The van der Waals surface area contributed by atoms with Crippen molar-refractivity contribution in [2.24, 2.45) is 23.7 Å². The Hall–Kier alpha value is -1.43. The quantitative estimate of drug-likeness (QED) is 0.604. The number of rotatable bonds is 3. The van der Waals surface area contributed by atoms with E-state index in [1.165, 1.54) is 34.0 Å². The number of hydrogen-bond donors (Lipinski definition) is 1. The topological polar surface area (TPSA) is 62.1 Å². The molecule has 1 N–H and O–H groups in total. The van der Waals surface area contributed by atoms with Gasteiger partial charge in [0.2, 0.25) is 0 Å². The summed E-state index contributed by atoms with van der Waals surface area (Å²) in [7, 11) is 0. The van der Waals surface area contributed by atoms with Crippen LogP contribution in [0.5, 0.6) is 0 Å². The fraction of sp³-hybridized carbons (Fsp3) is 0.850. The highest BCUT2D eigenvalue weighted by atomic mass is 16.2. The van der Waals surface area contributed by atoms with E-state index in [1.54, 1.807) is 0 Å². The summed E-state index contributed by atoms with van der Waals surface area (Å²) in [5.41, 5.74) is -0.362. The number of carbonyl (C=O) groups excluding carboxylic acids is 3. The van der Waals surface area contributed by atoms with Crippen molar-refractivity contribution in [1.82, 2.24) is 9.80 Å². The first-order valence-electron chi connectivity index (χ1n) is 10.5. The van der Waals surface area contributed by atoms with Gasteiger partial charge in [0.1, 0.15) is 0 Å². The molecule has 0 unspecified atom stereocenters. The number of carbonyl (C=O) groups is 3. The summed E-state index contributed by atoms with van der Waals surface area (Å²) < 4.78 is 0. The van der Waals surface area contributed by atoms with E-state index < -0.39 is 11.8 Å². The van der Waals surface area contributed by atoms with E-state index in [2.05, 4.69) is 6.92 Å². The van der Waals surface area contributed by atoms with E-state index in [0.717, 1.165) is 45.2 Å². The second-order valence-electron chi connectivity index (χ2n) is 9.89. The number of quaternary nitrogens is 1. The largest absolute Gasteiger partial charge is 0.339 e. The van der Waals surface area contributed by atoms with Gasteiger partial charge in [0.05, 0.1) is 18.6 Å². The molecule has 0 radical (unpaired) electrons. The van der Waals surface area contributed by atoms with Crippen LogP contribution in [0.25, 0.3) is 0 Å². The molecule has 4 aliphatic carbocycles. The summed E-state index contributed by atoms with van der Waals surface area (Å²) in [5.74, 6) is 1.49. The molecule has 6 fully saturated rings. The SMILES string of the molecule is CC1CC[NH+](CN2C(=O)C(=O)N(C34CC5CC(CC(C5)C3)C4)C2=O)CC1. The molecule has 0 aromatic carbocycles. The van der Waals surface area contributed by atoms with Crippen molar-refractivity contribution >= 4 is 17.8 Å². The Bertz CT molecular complexity index is 617. The van der Waals surface area contributed by atoms with Gasteiger partial charge >= 0.3 is 17.8 Å². The van der Waals surface area contributed by atoms with Gasteiger partial charge in [-0.05, 0) is 75.0 Å². The number of imide groups is 2. The summed E-state index contributed by atoms with van der Waals surface area (Å²) in [6.07, 6.45) is 8.77. The molecular formula is C20H30N3O3+. The fourth-order valence-corrected chi connectivity index (χ4v) is 6.95. The van der Waals surface area contributed by atoms with Gasteiger partial charge in [-0.15, -0.1) is 0 Å². The summed E-state index contributed by atoms with van der Waals surface area (Å²) in [4.78, 5) is 42.6. The molecule has 2 saturated heterocycles. The lowest BCUT2D eigenvalue weighted by Crippen LogP contribution is -3.14. The van der Waals surface area contributed by atoms with Crippen LogP contribution in [0.4, 0.5) is 4.79 Å². The van der Waals surface area contributed by atoms with E-state index in [0.29, 0.717) is 30.3 Å². The van der Waals surface area contributed by atoms with Crippen LogP contribution in [0.15, 0.2) is 0 Å². The minimum absolute atomic E-state index is 0.326. The predicted molar refractivity (Wildman–Crippen MR) is 94.0 cm³/mol. The van der Waals surface area contributed by atoms with E-state index in [4.69, 9.17) is 0 Å². The summed E-state index contributed by atoms with van der Waals surface area (Å²) >= 11 is 0. The first-order valence-corrected chi connectivity index (χ1v) is 10.5. The van der Waals surface area contributed by atoms with Crippen molar-refractivity contribution in [3.8, 4) is 0 Å². The van der Waals surface area contributed by atoms with Crippen LogP contribution in [-0.4, -0.2) is 52.9 Å². The van der Waals surface area contributed by atoms with Crippen LogP contribution >= 0.6 is 0 Å². The molecule has 6 rings (SSSR count). The second-order valence-corrected chi connectivity index (χ2v) is 9.89. The van der Waals surface area contributed by atoms with Crippen LogP contribution in [-0.2, 0) is 9.59 Å². The first kappa shape index (κ1) is 16.7. The third-order valence-electron chi connectivity index (χ3n) is 7.90. The Morgan fingerprint density at radius 2 is 1.46 bits per heavy atom. The molecule has 4 saturated carbocycles. The van der Waals surface area contributed by atoms with Crippen molar-refractivity contribution < 1.29 is 19.3 Å². The number of hydrogen-bond acceptors (Lipinski definition) is 3. The molecule has 6 heteroatoms. The van der Waals surface area contributed by atoms with E-state index in [1.807, 2.05) is 0 Å². The van der Waals surface area contributed by atoms with E-state index in [9.17, 15) is 14.4 Å². The molecule has 0 aromatic heterocycles. The lowest BCUT2D eigenvalue weighted by molar-refractivity contribution is -0.913. The Balaban J connectivity index is 1.36. The van der Waals surface area contributed by atoms with Gasteiger partial charge in [-0.25, -0.2) is 14.6 Å². The van der Waals surface area contributed by atoms with Crippen LogP contribution in [0.1, 0.15) is 58.3 Å². The molecule has 0 spiro atoms. The van der Waals surface area contributed by atoms with Gasteiger partial charge < -0.3 is 4.90 Å². The zero-order chi connectivity index (χ0) is 18.1. The zero-order valence-corrected chi connectivity index (χ0v) is 15.7. The van der Waals surface area contributed by atoms with E-state index >= 15 is 0 Å². The highest BCUT2D eigenvalue weighted by Crippen LogP contribution is 2.58. The monoisotopic (exact) mass is 360 g/mol. The van der Waals surface area contributed by atoms with Crippen molar-refractivity contribution in [1.29, 1.82) is 0 Å². The van der Waals surface area contributed by atoms with Gasteiger partial charge in [-0.2, -0.15) is 0 Å². The predicted octanol–water partition coefficient (Wildman–Crippen LogP) is 1.02. The second kappa shape index (κ2) is 5.78. The molecule has 0 atom stereocenters. The molecule has 2 heterocycles. The minimum atomic E-state index is -0.586. The highest BCUT2D eigenvalue weighted by molar-refractivity contribution is 6.44. The van der Waals surface area contributed by atoms with Crippen molar-refractivity contribution in [2.45, 2.75) is 63.8 Å². The zero-order valence-electron chi connectivity index (χ0n) is 15.7. The third-order valence-corrected chi connectivity index (χ3v) is 7.90. The third kappa shape index (κ3) is 2.44. The van der Waals surface area contributed by atoms with Gasteiger partial charge in [-0.1, -0.05) is 6.92 Å². The number of nitrogens with one attached hydrogen (secondary N) is 1. The lowest BCUT2D eigenvalue weighted by atomic mass is 9.52. The van der Waals surface area contributed by atoms with Crippen molar-refractivity contribution in [3.63, 3.8) is 0 Å². The molecule has 4 amide bonds. The van der Waals surface area contributed by atoms with Crippen LogP contribution < -0.4 is 4.90 Å². The maximum atomic E-state index is 13.2. The number of urea groups is 1. The number of amides is 4. The van der Waals surface area contributed by atoms with Gasteiger partial charge in [0, 0.05) is 0 Å². The number of likely N-dealkylation sites (tertiary alicyclic amines) is 1. The molecule has 0 aromatic rings. The maximum Gasteiger partial charge on any atom is 0.339 e. The Morgan fingerprint density at radius 3 is 2.00 bits per heavy atom. The standard InChI is InChI=1S/C20H29N3O3/c1-13-2-4-21(5-3-13)12-22-17(24)18(25)23(19(22)26)20-9-14-6-15(10-20)8-16(7-14)11-20/h13-16H,2-12H2,1H3/p+1. The Labute approximate surface area is 154 Å². The lowest BCUT2D eigenvalue weighted by Gasteiger charge is -2.58. The summed E-state index contributed by atoms with van der Waals surface area (Å²) in [6.45, 7) is 4.56. The molecule has 6 nitrogen and oxygen atoms in total. The molecule has 2 aliphatic heterocycles. The first-order chi connectivity index (χ1) is 12.4. The maximum absolute atomic E-state index is 13.2. The van der Waals surface area contributed by atoms with Crippen LogP contribution in [0.2, 0.25) is 0 Å². The van der Waals surface area contributed by atoms with E-state index in [-0.39, 0.29) is 11.6 Å². The van der Waals surface area contributed by atoms with Gasteiger partial charge in [0.25, 0.3) is 0 Å².